The quantitative estimate of drug-likeness (QED) is 0.946. The first kappa shape index (κ1) is 14.6. The number of hydrogen-bond acceptors (Lipinski definition) is 3. The van der Waals surface area contributed by atoms with E-state index in [0.29, 0.717) is 6.54 Å². The molecule has 22 heavy (non-hydrogen) atoms. The first-order valence-electron chi connectivity index (χ1n) is 7.01. The molecule has 0 aromatic heterocycles. The van der Waals surface area contributed by atoms with Crippen LogP contribution in [-0.4, -0.2) is 31.8 Å². The van der Waals surface area contributed by atoms with Gasteiger partial charge in [-0.15, -0.1) is 0 Å². The predicted octanol–water partition coefficient (Wildman–Crippen LogP) is 2.44. The summed E-state index contributed by atoms with van der Waals surface area (Å²) in [6.45, 7) is 2.67. The number of hydrogen-bond donors (Lipinski definition) is 1. The number of rotatable bonds is 3. The van der Waals surface area contributed by atoms with E-state index in [1.165, 1.54) is 0 Å². The Morgan fingerprint density at radius 1 is 0.955 bits per heavy atom. The van der Waals surface area contributed by atoms with Crippen molar-refractivity contribution in [1.82, 2.24) is 4.31 Å². The van der Waals surface area contributed by atoms with Crippen LogP contribution in [0.5, 0.6) is 0 Å². The second-order valence-electron chi connectivity index (χ2n) is 5.20. The van der Waals surface area contributed by atoms with Crippen LogP contribution in [0.2, 0.25) is 0 Å². The maximum Gasteiger partial charge on any atom is 0.266 e. The van der Waals surface area contributed by atoms with Gasteiger partial charge in [-0.1, -0.05) is 35.9 Å². The van der Waals surface area contributed by atoms with Crippen LogP contribution in [0, 0.1) is 12.3 Å². The van der Waals surface area contributed by atoms with Crippen molar-refractivity contribution in [1.29, 1.82) is 5.41 Å². The zero-order valence-electron chi connectivity index (χ0n) is 12.2. The fraction of sp³-hybridized carbons (Fsp3) is 0.188. The monoisotopic (exact) mass is 315 g/mol. The van der Waals surface area contributed by atoms with E-state index in [4.69, 9.17) is 5.41 Å². The molecule has 0 aliphatic carbocycles. The summed E-state index contributed by atoms with van der Waals surface area (Å²) in [6, 6.07) is 16.1. The second-order valence-corrected chi connectivity index (χ2v) is 7.06. The number of nitrogens with one attached hydrogen (secondary N) is 1. The van der Waals surface area contributed by atoms with Crippen LogP contribution in [0.15, 0.2) is 59.5 Å². The van der Waals surface area contributed by atoms with E-state index in [0.717, 1.165) is 15.6 Å². The van der Waals surface area contributed by atoms with Crippen molar-refractivity contribution in [2.75, 3.05) is 18.0 Å². The molecule has 0 radical (unpaired) electrons. The van der Waals surface area contributed by atoms with Crippen LogP contribution < -0.4 is 4.90 Å². The van der Waals surface area contributed by atoms with Crippen LogP contribution in [-0.2, 0) is 10.0 Å². The molecule has 3 rings (SSSR count). The van der Waals surface area contributed by atoms with Gasteiger partial charge in [-0.3, -0.25) is 5.41 Å². The molecule has 1 saturated heterocycles. The highest BCUT2D eigenvalue weighted by molar-refractivity contribution is 7.89. The number of sulfonamides is 1. The Morgan fingerprint density at radius 2 is 1.59 bits per heavy atom. The van der Waals surface area contributed by atoms with Gasteiger partial charge >= 0.3 is 0 Å². The average Bonchev–Trinajstić information content (AvgIpc) is 2.91. The van der Waals surface area contributed by atoms with Crippen molar-refractivity contribution in [2.24, 2.45) is 0 Å². The molecule has 1 N–H and O–H groups in total. The maximum atomic E-state index is 12.7. The van der Waals surface area contributed by atoms with Gasteiger partial charge in [0.1, 0.15) is 0 Å². The van der Waals surface area contributed by atoms with Gasteiger partial charge < -0.3 is 4.90 Å². The number of benzene rings is 2. The van der Waals surface area contributed by atoms with E-state index in [1.54, 1.807) is 29.2 Å². The summed E-state index contributed by atoms with van der Waals surface area (Å²) in [6.07, 6.45) is 0. The Hall–Kier alpha value is -2.34. The van der Waals surface area contributed by atoms with E-state index in [1.807, 2.05) is 37.3 Å². The summed E-state index contributed by atoms with van der Waals surface area (Å²) < 4.78 is 26.5. The van der Waals surface area contributed by atoms with Crippen LogP contribution in [0.3, 0.4) is 0 Å². The highest BCUT2D eigenvalue weighted by Gasteiger charge is 2.35. The van der Waals surface area contributed by atoms with Gasteiger partial charge in [0.25, 0.3) is 10.0 Å². The molecule has 2 aromatic carbocycles. The normalized spacial score (nSPS) is 15.4. The summed E-state index contributed by atoms with van der Waals surface area (Å²) >= 11 is 0. The van der Waals surface area contributed by atoms with Crippen LogP contribution in [0.25, 0.3) is 0 Å². The molecule has 5 nitrogen and oxygen atoms in total. The van der Waals surface area contributed by atoms with Gasteiger partial charge in [0.05, 0.1) is 11.4 Å². The van der Waals surface area contributed by atoms with Crippen LogP contribution in [0.1, 0.15) is 5.56 Å². The Balaban J connectivity index is 1.90. The molecule has 0 amide bonds. The van der Waals surface area contributed by atoms with E-state index >= 15 is 0 Å². The standard InChI is InChI=1S/C16H17N3O2S/c1-13-7-9-15(10-8-13)22(20,21)19-12-11-18(16(19)17)14-5-3-2-4-6-14/h2-10,17H,11-12H2,1H3. The van der Waals surface area contributed by atoms with Gasteiger partial charge in [-0.05, 0) is 31.2 Å². The molecular formula is C16H17N3O2S. The molecular weight excluding hydrogens is 298 g/mol. The molecule has 0 spiro atoms. The zero-order valence-corrected chi connectivity index (χ0v) is 13.0. The first-order chi connectivity index (χ1) is 10.5. The third kappa shape index (κ3) is 2.46. The second kappa shape index (κ2) is 5.46. The van der Waals surface area contributed by atoms with Gasteiger partial charge in [-0.25, -0.2) is 12.7 Å². The Bertz CT molecular complexity index is 786. The van der Waals surface area contributed by atoms with Gasteiger partial charge in [-0.2, -0.15) is 0 Å². The minimum Gasteiger partial charge on any atom is -0.310 e. The molecule has 6 heteroatoms. The summed E-state index contributed by atoms with van der Waals surface area (Å²) in [4.78, 5) is 1.92. The highest BCUT2D eigenvalue weighted by atomic mass is 32.2. The number of anilines is 1. The molecule has 1 heterocycles. The van der Waals surface area contributed by atoms with Gasteiger partial charge in [0.2, 0.25) is 5.96 Å². The Labute approximate surface area is 130 Å². The third-order valence-electron chi connectivity index (χ3n) is 3.70. The molecule has 0 unspecified atom stereocenters. The smallest absolute Gasteiger partial charge is 0.266 e. The zero-order chi connectivity index (χ0) is 15.7. The highest BCUT2D eigenvalue weighted by Crippen LogP contribution is 2.24. The van der Waals surface area contributed by atoms with Crippen molar-refractivity contribution < 1.29 is 8.42 Å². The lowest BCUT2D eigenvalue weighted by Gasteiger charge is -2.21. The van der Waals surface area contributed by atoms with E-state index in [-0.39, 0.29) is 17.4 Å². The predicted molar refractivity (Wildman–Crippen MR) is 86.6 cm³/mol. The van der Waals surface area contributed by atoms with E-state index in [2.05, 4.69) is 0 Å². The molecule has 1 fully saturated rings. The lowest BCUT2D eigenvalue weighted by molar-refractivity contribution is 0.539. The lowest BCUT2D eigenvalue weighted by Crippen LogP contribution is -2.36. The Morgan fingerprint density at radius 3 is 2.23 bits per heavy atom. The molecule has 0 atom stereocenters. The van der Waals surface area contributed by atoms with Gasteiger partial charge in [0.15, 0.2) is 0 Å². The molecule has 1 aliphatic rings. The minimum absolute atomic E-state index is 0.00762. The largest absolute Gasteiger partial charge is 0.310 e. The number of guanidine groups is 1. The van der Waals surface area contributed by atoms with E-state index in [9.17, 15) is 8.42 Å². The van der Waals surface area contributed by atoms with Gasteiger partial charge in [0, 0.05) is 12.2 Å². The van der Waals surface area contributed by atoms with Crippen LogP contribution in [0.4, 0.5) is 5.69 Å². The lowest BCUT2D eigenvalue weighted by atomic mass is 10.2. The summed E-state index contributed by atoms with van der Waals surface area (Å²) in [5.74, 6) is -0.00762. The molecule has 1 aliphatic heterocycles. The third-order valence-corrected chi connectivity index (χ3v) is 5.50. The summed E-state index contributed by atoms with van der Waals surface area (Å²) in [5.41, 5.74) is 1.83. The molecule has 114 valence electrons. The molecule has 0 bridgehead atoms. The fourth-order valence-electron chi connectivity index (χ4n) is 2.47. The fourth-order valence-corrected chi connectivity index (χ4v) is 3.85. The van der Waals surface area contributed by atoms with E-state index < -0.39 is 10.0 Å². The topological polar surface area (TPSA) is 64.5 Å². The Kier molecular flexibility index (Phi) is 3.62. The maximum absolute atomic E-state index is 12.7. The SMILES string of the molecule is Cc1ccc(S(=O)(=O)N2CCN(c3ccccc3)C2=N)cc1. The number of para-hydroxylation sites is 1. The molecule has 0 saturated carbocycles. The number of nitrogens with zero attached hydrogens (tertiary/aromatic N) is 2. The van der Waals surface area contributed by atoms with Crippen molar-refractivity contribution in [3.8, 4) is 0 Å². The van der Waals surface area contributed by atoms with Crippen molar-refractivity contribution in [2.45, 2.75) is 11.8 Å². The first-order valence-corrected chi connectivity index (χ1v) is 8.45. The summed E-state index contributed by atoms with van der Waals surface area (Å²) in [5, 5.41) is 8.22. The van der Waals surface area contributed by atoms with Crippen molar-refractivity contribution in [3.05, 3.63) is 60.2 Å². The van der Waals surface area contributed by atoms with Crippen molar-refractivity contribution >= 4 is 21.7 Å². The molecule has 2 aromatic rings. The minimum atomic E-state index is -3.68. The van der Waals surface area contributed by atoms with Crippen molar-refractivity contribution in [3.63, 3.8) is 0 Å². The number of aryl methyl sites for hydroxylation is 1. The van der Waals surface area contributed by atoms with Crippen LogP contribution >= 0.6 is 0 Å². The average molecular weight is 315 g/mol. The summed E-state index contributed by atoms with van der Waals surface area (Å²) in [7, 11) is -3.68.